The highest BCUT2D eigenvalue weighted by Gasteiger charge is 2.29. The molecule has 3 rings (SSSR count). The van der Waals surface area contributed by atoms with E-state index in [-0.39, 0.29) is 21.5 Å². The number of piperazine rings is 1. The number of methoxy groups -OCH3 is 1. The number of nitrogens with one attached hydrogen (secondary N) is 1. The third-order valence-electron chi connectivity index (χ3n) is 5.24. The number of carbonyl (C=O) groups excluding carboxylic acids is 1. The highest BCUT2D eigenvalue weighted by Crippen LogP contribution is 2.27. The van der Waals surface area contributed by atoms with Gasteiger partial charge in [-0.25, -0.2) is 8.42 Å². The fraction of sp³-hybridized carbons (Fsp3) is 0.381. The number of sulfonamides is 1. The monoisotopic (exact) mass is 451 g/mol. The molecule has 9 heteroatoms. The maximum atomic E-state index is 13.0. The summed E-state index contributed by atoms with van der Waals surface area (Å²) in [4.78, 5) is 15.0. The lowest BCUT2D eigenvalue weighted by atomic mass is 10.1. The molecule has 0 aromatic heterocycles. The van der Waals surface area contributed by atoms with Gasteiger partial charge in [0.2, 0.25) is 10.0 Å². The van der Waals surface area contributed by atoms with E-state index in [1.165, 1.54) is 22.5 Å². The van der Waals surface area contributed by atoms with E-state index in [0.29, 0.717) is 31.9 Å². The molecule has 7 nitrogen and oxygen atoms in total. The standard InChI is InChI=1S/C21H26ClN3O4S/c1-15(17-6-4-5-7-20(17)29-3)23-21(26)18-14-16(8-9-19(18)22)30(27,28)25-12-10-24(2)11-13-25/h4-9,14-15H,10-13H2,1-3H3,(H,23,26)/t15-/m1/s1. The normalized spacial score (nSPS) is 16.8. The minimum atomic E-state index is -3.70. The van der Waals surface area contributed by atoms with E-state index >= 15 is 0 Å². The zero-order valence-corrected chi connectivity index (χ0v) is 18.8. The van der Waals surface area contributed by atoms with E-state index < -0.39 is 15.9 Å². The quantitative estimate of drug-likeness (QED) is 0.730. The van der Waals surface area contributed by atoms with Crippen LogP contribution in [0.2, 0.25) is 5.02 Å². The van der Waals surface area contributed by atoms with Crippen molar-refractivity contribution in [2.24, 2.45) is 0 Å². The van der Waals surface area contributed by atoms with Crippen LogP contribution in [0.5, 0.6) is 5.75 Å². The second-order valence-corrected chi connectivity index (χ2v) is 9.63. The van der Waals surface area contributed by atoms with Crippen molar-refractivity contribution in [3.05, 3.63) is 58.6 Å². The number of nitrogens with zero attached hydrogens (tertiary/aromatic N) is 2. The van der Waals surface area contributed by atoms with Crippen LogP contribution in [0.1, 0.15) is 28.9 Å². The second-order valence-electron chi connectivity index (χ2n) is 7.29. The van der Waals surface area contributed by atoms with Crippen molar-refractivity contribution in [1.82, 2.24) is 14.5 Å². The van der Waals surface area contributed by atoms with Crippen LogP contribution in [0.4, 0.5) is 0 Å². The molecular weight excluding hydrogens is 426 g/mol. The van der Waals surface area contributed by atoms with Crippen molar-refractivity contribution in [3.8, 4) is 5.75 Å². The molecule has 1 N–H and O–H groups in total. The number of hydrogen-bond acceptors (Lipinski definition) is 5. The van der Waals surface area contributed by atoms with Gasteiger partial charge in [-0.2, -0.15) is 4.31 Å². The van der Waals surface area contributed by atoms with Gasteiger partial charge < -0.3 is 15.0 Å². The molecule has 1 aliphatic heterocycles. The number of hydrogen-bond donors (Lipinski definition) is 1. The van der Waals surface area contributed by atoms with Crippen LogP contribution in [0.15, 0.2) is 47.4 Å². The minimum Gasteiger partial charge on any atom is -0.496 e. The number of rotatable bonds is 6. The zero-order chi connectivity index (χ0) is 21.9. The summed E-state index contributed by atoms with van der Waals surface area (Å²) in [5.41, 5.74) is 0.930. The Bertz CT molecular complexity index is 1020. The Labute approximate surface area is 182 Å². The van der Waals surface area contributed by atoms with Gasteiger partial charge in [0.1, 0.15) is 5.75 Å². The molecule has 0 spiro atoms. The first-order valence-electron chi connectivity index (χ1n) is 9.66. The van der Waals surface area contributed by atoms with E-state index in [1.807, 2.05) is 38.2 Å². The lowest BCUT2D eigenvalue weighted by molar-refractivity contribution is 0.0939. The summed E-state index contributed by atoms with van der Waals surface area (Å²) >= 11 is 6.23. The van der Waals surface area contributed by atoms with Crippen LogP contribution < -0.4 is 10.1 Å². The maximum absolute atomic E-state index is 13.0. The molecule has 2 aromatic carbocycles. The van der Waals surface area contributed by atoms with Crippen molar-refractivity contribution in [2.45, 2.75) is 17.9 Å². The fourth-order valence-electron chi connectivity index (χ4n) is 3.39. The first-order valence-corrected chi connectivity index (χ1v) is 11.5. The molecule has 1 aliphatic rings. The second kappa shape index (κ2) is 9.34. The molecule has 1 saturated heterocycles. The van der Waals surface area contributed by atoms with Gasteiger partial charge in [0.15, 0.2) is 0 Å². The van der Waals surface area contributed by atoms with E-state index in [1.54, 1.807) is 7.11 Å². The Balaban J connectivity index is 1.83. The molecule has 0 radical (unpaired) electrons. The number of likely N-dealkylation sites (N-methyl/N-ethyl adjacent to an activating group) is 1. The lowest BCUT2D eigenvalue weighted by Gasteiger charge is -2.31. The summed E-state index contributed by atoms with van der Waals surface area (Å²) in [6.45, 7) is 3.98. The van der Waals surface area contributed by atoms with Gasteiger partial charge in [-0.05, 0) is 38.2 Å². The smallest absolute Gasteiger partial charge is 0.253 e. The number of ether oxygens (including phenoxy) is 1. The van der Waals surface area contributed by atoms with Gasteiger partial charge in [0.05, 0.1) is 28.6 Å². The predicted molar refractivity (Wildman–Crippen MR) is 117 cm³/mol. The summed E-state index contributed by atoms with van der Waals surface area (Å²) < 4.78 is 32.8. The van der Waals surface area contributed by atoms with E-state index in [4.69, 9.17) is 16.3 Å². The molecular formula is C21H26ClN3O4S. The molecule has 1 amide bonds. The number of carbonyl (C=O) groups is 1. The lowest BCUT2D eigenvalue weighted by Crippen LogP contribution is -2.47. The third kappa shape index (κ3) is 4.78. The van der Waals surface area contributed by atoms with Gasteiger partial charge in [-0.3, -0.25) is 4.79 Å². The van der Waals surface area contributed by atoms with Crippen molar-refractivity contribution >= 4 is 27.5 Å². The molecule has 0 unspecified atom stereocenters. The third-order valence-corrected chi connectivity index (χ3v) is 7.46. The summed E-state index contributed by atoms with van der Waals surface area (Å²) in [5, 5.41) is 3.07. The van der Waals surface area contributed by atoms with Gasteiger partial charge in [-0.15, -0.1) is 0 Å². The Kier molecular flexibility index (Phi) is 7.02. The molecule has 162 valence electrons. The minimum absolute atomic E-state index is 0.0616. The Morgan fingerprint density at radius 1 is 1.13 bits per heavy atom. The fourth-order valence-corrected chi connectivity index (χ4v) is 5.04. The van der Waals surface area contributed by atoms with Gasteiger partial charge >= 0.3 is 0 Å². The molecule has 1 atom stereocenters. The molecule has 1 heterocycles. The molecule has 1 fully saturated rings. The van der Waals surface area contributed by atoms with Crippen LogP contribution in [0.25, 0.3) is 0 Å². The van der Waals surface area contributed by atoms with Crippen molar-refractivity contribution in [1.29, 1.82) is 0 Å². The Hall–Kier alpha value is -2.13. The number of para-hydroxylation sites is 1. The number of benzene rings is 2. The summed E-state index contributed by atoms with van der Waals surface area (Å²) in [5.74, 6) is 0.205. The van der Waals surface area contributed by atoms with E-state index in [2.05, 4.69) is 10.2 Å². The summed E-state index contributed by atoms with van der Waals surface area (Å²) in [6.07, 6.45) is 0. The first kappa shape index (κ1) is 22.6. The van der Waals surface area contributed by atoms with Crippen LogP contribution >= 0.6 is 11.6 Å². The van der Waals surface area contributed by atoms with E-state index in [0.717, 1.165) is 5.56 Å². The number of halogens is 1. The van der Waals surface area contributed by atoms with Crippen molar-refractivity contribution in [2.75, 3.05) is 40.3 Å². The number of amides is 1. The summed E-state index contributed by atoms with van der Waals surface area (Å²) in [6, 6.07) is 11.3. The van der Waals surface area contributed by atoms with Crippen LogP contribution in [0.3, 0.4) is 0 Å². The molecule has 2 aromatic rings. The maximum Gasteiger partial charge on any atom is 0.253 e. The molecule has 30 heavy (non-hydrogen) atoms. The average Bonchev–Trinajstić information content (AvgIpc) is 2.74. The van der Waals surface area contributed by atoms with Crippen molar-refractivity contribution in [3.63, 3.8) is 0 Å². The van der Waals surface area contributed by atoms with Crippen LogP contribution in [0, 0.1) is 0 Å². The molecule has 0 bridgehead atoms. The first-order chi connectivity index (χ1) is 14.2. The van der Waals surface area contributed by atoms with Crippen LogP contribution in [-0.4, -0.2) is 63.9 Å². The van der Waals surface area contributed by atoms with Gasteiger partial charge in [0.25, 0.3) is 5.91 Å². The highest BCUT2D eigenvalue weighted by atomic mass is 35.5. The average molecular weight is 452 g/mol. The van der Waals surface area contributed by atoms with Crippen LogP contribution in [-0.2, 0) is 10.0 Å². The van der Waals surface area contributed by atoms with E-state index in [9.17, 15) is 13.2 Å². The largest absolute Gasteiger partial charge is 0.496 e. The van der Waals surface area contributed by atoms with Gasteiger partial charge in [0, 0.05) is 31.7 Å². The topological polar surface area (TPSA) is 78.9 Å². The zero-order valence-electron chi connectivity index (χ0n) is 17.3. The van der Waals surface area contributed by atoms with Crippen molar-refractivity contribution < 1.29 is 17.9 Å². The molecule has 0 saturated carbocycles. The Morgan fingerprint density at radius 2 is 1.80 bits per heavy atom. The SMILES string of the molecule is COc1ccccc1[C@@H](C)NC(=O)c1cc(S(=O)(=O)N2CCN(C)CC2)ccc1Cl. The predicted octanol–water partition coefficient (Wildman–Crippen LogP) is 2.78. The molecule has 0 aliphatic carbocycles. The highest BCUT2D eigenvalue weighted by molar-refractivity contribution is 7.89. The summed E-state index contributed by atoms with van der Waals surface area (Å²) in [7, 11) is -0.179. The van der Waals surface area contributed by atoms with Gasteiger partial charge in [-0.1, -0.05) is 29.8 Å². The Morgan fingerprint density at radius 3 is 2.47 bits per heavy atom.